The Balaban J connectivity index is 1.75. The van der Waals surface area contributed by atoms with E-state index >= 15 is 0 Å². The number of nitrogens with zero attached hydrogens (tertiary/aromatic N) is 1. The monoisotopic (exact) mass is 247 g/mol. The van der Waals surface area contributed by atoms with E-state index in [0.717, 1.165) is 24.5 Å². The Kier molecular flexibility index (Phi) is 4.75. The minimum atomic E-state index is 0.0347. The van der Waals surface area contributed by atoms with E-state index in [2.05, 4.69) is 15.3 Å². The summed E-state index contributed by atoms with van der Waals surface area (Å²) < 4.78 is 5.29. The van der Waals surface area contributed by atoms with E-state index in [0.29, 0.717) is 6.61 Å². The summed E-state index contributed by atoms with van der Waals surface area (Å²) in [5.74, 6) is 0.778. The molecule has 18 heavy (non-hydrogen) atoms. The number of aliphatic hydroxyl groups excluding tert-OH is 1. The predicted octanol–water partition coefficient (Wildman–Crippen LogP) is 1.07. The molecule has 3 N–H and O–H groups in total. The van der Waals surface area contributed by atoms with Crippen LogP contribution in [0.4, 0.5) is 0 Å². The van der Waals surface area contributed by atoms with Crippen molar-refractivity contribution in [2.75, 3.05) is 13.2 Å². The fourth-order valence-corrected chi connectivity index (χ4v) is 1.59. The Bertz CT molecular complexity index is 440. The van der Waals surface area contributed by atoms with Crippen molar-refractivity contribution in [2.45, 2.75) is 13.1 Å². The molecule has 0 bridgehead atoms. The summed E-state index contributed by atoms with van der Waals surface area (Å²) >= 11 is 0. The number of benzene rings is 1. The van der Waals surface area contributed by atoms with E-state index in [1.807, 2.05) is 30.5 Å². The Morgan fingerprint density at radius 1 is 1.22 bits per heavy atom. The van der Waals surface area contributed by atoms with Gasteiger partial charge in [-0.1, -0.05) is 12.1 Å². The lowest BCUT2D eigenvalue weighted by Crippen LogP contribution is -2.12. The molecule has 0 atom stereocenters. The minimum absolute atomic E-state index is 0.0347. The number of nitrogens with one attached hydrogen (secondary N) is 2. The van der Waals surface area contributed by atoms with Gasteiger partial charge < -0.3 is 20.1 Å². The number of H-pyrrole nitrogens is 1. The Labute approximate surface area is 106 Å². The fraction of sp³-hybridized carbons (Fsp3) is 0.308. The Hall–Kier alpha value is -1.85. The molecule has 1 heterocycles. The third-order valence-electron chi connectivity index (χ3n) is 2.47. The summed E-state index contributed by atoms with van der Waals surface area (Å²) in [6.45, 7) is 1.89. The molecule has 0 saturated heterocycles. The number of aliphatic hydroxyl groups is 1. The zero-order chi connectivity index (χ0) is 12.6. The summed E-state index contributed by atoms with van der Waals surface area (Å²) in [4.78, 5) is 7.05. The second-order valence-corrected chi connectivity index (χ2v) is 3.88. The molecule has 0 amide bonds. The largest absolute Gasteiger partial charge is 0.491 e. The van der Waals surface area contributed by atoms with E-state index in [1.54, 1.807) is 6.33 Å². The van der Waals surface area contributed by atoms with Gasteiger partial charge >= 0.3 is 0 Å². The average molecular weight is 247 g/mol. The van der Waals surface area contributed by atoms with Gasteiger partial charge in [-0.15, -0.1) is 0 Å². The topological polar surface area (TPSA) is 70.2 Å². The molecule has 96 valence electrons. The maximum atomic E-state index is 8.65. The summed E-state index contributed by atoms with van der Waals surface area (Å²) in [6.07, 6.45) is 3.54. The van der Waals surface area contributed by atoms with Crippen molar-refractivity contribution in [3.05, 3.63) is 48.0 Å². The second-order valence-electron chi connectivity index (χ2n) is 3.88. The first-order chi connectivity index (χ1) is 8.88. The van der Waals surface area contributed by atoms with Crippen molar-refractivity contribution in [3.63, 3.8) is 0 Å². The van der Waals surface area contributed by atoms with Gasteiger partial charge in [0.25, 0.3) is 0 Å². The Morgan fingerprint density at radius 3 is 2.72 bits per heavy atom. The molecule has 0 fully saturated rings. The first-order valence-corrected chi connectivity index (χ1v) is 5.89. The van der Waals surface area contributed by atoms with Gasteiger partial charge in [0.05, 0.1) is 18.6 Å². The van der Waals surface area contributed by atoms with Crippen LogP contribution in [0.5, 0.6) is 5.75 Å². The van der Waals surface area contributed by atoms with Gasteiger partial charge in [-0.2, -0.15) is 0 Å². The zero-order valence-electron chi connectivity index (χ0n) is 10.1. The highest BCUT2D eigenvalue weighted by atomic mass is 16.5. The van der Waals surface area contributed by atoms with Crippen molar-refractivity contribution in [2.24, 2.45) is 0 Å². The molecule has 0 unspecified atom stereocenters. The third kappa shape index (κ3) is 3.87. The van der Waals surface area contributed by atoms with Gasteiger partial charge in [0.2, 0.25) is 0 Å². The number of imidazole rings is 1. The quantitative estimate of drug-likeness (QED) is 0.684. The smallest absolute Gasteiger partial charge is 0.119 e. The molecule has 0 aliphatic heterocycles. The van der Waals surface area contributed by atoms with Gasteiger partial charge in [-0.25, -0.2) is 4.98 Å². The van der Waals surface area contributed by atoms with Crippen molar-refractivity contribution in [1.29, 1.82) is 0 Å². The molecule has 0 radical (unpaired) electrons. The predicted molar refractivity (Wildman–Crippen MR) is 68.2 cm³/mol. The average Bonchev–Trinajstić information content (AvgIpc) is 2.91. The molecule has 2 aromatic rings. The summed E-state index contributed by atoms with van der Waals surface area (Å²) in [5, 5.41) is 11.9. The number of hydrogen-bond acceptors (Lipinski definition) is 4. The van der Waals surface area contributed by atoms with Gasteiger partial charge in [0.15, 0.2) is 0 Å². The number of aromatic amines is 1. The van der Waals surface area contributed by atoms with Gasteiger partial charge in [-0.05, 0) is 17.7 Å². The molecular formula is C13H17N3O2. The lowest BCUT2D eigenvalue weighted by Gasteiger charge is -2.06. The number of hydrogen-bond donors (Lipinski definition) is 3. The van der Waals surface area contributed by atoms with Crippen LogP contribution in [0.1, 0.15) is 11.3 Å². The molecule has 1 aromatic carbocycles. The molecule has 5 nitrogen and oxygen atoms in total. The number of ether oxygens (including phenoxy) is 1. The van der Waals surface area contributed by atoms with Crippen LogP contribution in [0.2, 0.25) is 0 Å². The van der Waals surface area contributed by atoms with Crippen molar-refractivity contribution < 1.29 is 9.84 Å². The third-order valence-corrected chi connectivity index (χ3v) is 2.47. The van der Waals surface area contributed by atoms with Crippen LogP contribution in [-0.2, 0) is 13.1 Å². The van der Waals surface area contributed by atoms with Gasteiger partial charge in [-0.3, -0.25) is 0 Å². The lowest BCUT2D eigenvalue weighted by atomic mass is 10.2. The highest BCUT2D eigenvalue weighted by Crippen LogP contribution is 2.11. The molecule has 0 saturated carbocycles. The molecule has 1 aromatic heterocycles. The van der Waals surface area contributed by atoms with E-state index in [-0.39, 0.29) is 6.61 Å². The van der Waals surface area contributed by atoms with Crippen LogP contribution in [0.3, 0.4) is 0 Å². The van der Waals surface area contributed by atoms with Crippen molar-refractivity contribution in [3.8, 4) is 5.75 Å². The van der Waals surface area contributed by atoms with Crippen LogP contribution in [0.25, 0.3) is 0 Å². The van der Waals surface area contributed by atoms with Crippen molar-refractivity contribution in [1.82, 2.24) is 15.3 Å². The molecule has 0 aliphatic rings. The normalized spacial score (nSPS) is 10.5. The maximum absolute atomic E-state index is 8.65. The SMILES string of the molecule is OCCOc1ccc(CNCc2c[nH]cn2)cc1. The van der Waals surface area contributed by atoms with Crippen LogP contribution in [-0.4, -0.2) is 28.3 Å². The summed E-state index contributed by atoms with van der Waals surface area (Å²) in [6, 6.07) is 7.82. The summed E-state index contributed by atoms with van der Waals surface area (Å²) in [5.41, 5.74) is 2.18. The zero-order valence-corrected chi connectivity index (χ0v) is 10.1. The Morgan fingerprint density at radius 2 is 2.06 bits per heavy atom. The van der Waals surface area contributed by atoms with Crippen LogP contribution >= 0.6 is 0 Å². The highest BCUT2D eigenvalue weighted by molar-refractivity contribution is 5.27. The van der Waals surface area contributed by atoms with Crippen molar-refractivity contribution >= 4 is 0 Å². The molecular weight excluding hydrogens is 230 g/mol. The minimum Gasteiger partial charge on any atom is -0.491 e. The van der Waals surface area contributed by atoms with E-state index in [4.69, 9.17) is 9.84 Å². The van der Waals surface area contributed by atoms with E-state index in [1.165, 1.54) is 5.56 Å². The van der Waals surface area contributed by atoms with Crippen LogP contribution in [0, 0.1) is 0 Å². The molecule has 2 rings (SSSR count). The molecule has 5 heteroatoms. The maximum Gasteiger partial charge on any atom is 0.119 e. The number of aromatic nitrogens is 2. The number of rotatable bonds is 7. The van der Waals surface area contributed by atoms with Gasteiger partial charge in [0.1, 0.15) is 12.4 Å². The summed E-state index contributed by atoms with van der Waals surface area (Å²) in [7, 11) is 0. The van der Waals surface area contributed by atoms with Crippen LogP contribution < -0.4 is 10.1 Å². The second kappa shape index (κ2) is 6.78. The van der Waals surface area contributed by atoms with Crippen LogP contribution in [0.15, 0.2) is 36.8 Å². The highest BCUT2D eigenvalue weighted by Gasteiger charge is 1.97. The van der Waals surface area contributed by atoms with E-state index < -0.39 is 0 Å². The molecule has 0 aliphatic carbocycles. The molecule has 0 spiro atoms. The first-order valence-electron chi connectivity index (χ1n) is 5.89. The lowest BCUT2D eigenvalue weighted by molar-refractivity contribution is 0.201. The standard InChI is InChI=1S/C13H17N3O2/c17-5-6-18-13-3-1-11(2-4-13)7-14-8-12-9-15-10-16-12/h1-4,9-10,14,17H,5-8H2,(H,15,16). The van der Waals surface area contributed by atoms with E-state index in [9.17, 15) is 0 Å². The van der Waals surface area contributed by atoms with Gasteiger partial charge in [0, 0.05) is 19.3 Å². The first kappa shape index (κ1) is 12.6. The fourth-order valence-electron chi connectivity index (χ4n) is 1.59.